The first-order valence-corrected chi connectivity index (χ1v) is 7.09. The average molecular weight is 281 g/mol. The monoisotopic (exact) mass is 281 g/mol. The molecule has 0 aliphatic carbocycles. The van der Waals surface area contributed by atoms with Crippen LogP contribution in [0.2, 0.25) is 0 Å². The number of hydrogen-bond donors (Lipinski definition) is 0. The Morgan fingerprint density at radius 2 is 1.88 bits per heavy atom. The van der Waals surface area contributed by atoms with Crippen LogP contribution in [0.15, 0.2) is 24.3 Å². The summed E-state index contributed by atoms with van der Waals surface area (Å²) in [5.41, 5.74) is 1.41. The van der Waals surface area contributed by atoms with Crippen LogP contribution in [0.3, 0.4) is 0 Å². The van der Waals surface area contributed by atoms with E-state index in [1.807, 2.05) is 0 Å². The summed E-state index contributed by atoms with van der Waals surface area (Å²) < 4.78 is 6.78. The Morgan fingerprint density at radius 3 is 2.50 bits per heavy atom. The molecule has 0 amide bonds. The van der Waals surface area contributed by atoms with Crippen molar-refractivity contribution in [3.05, 3.63) is 29.8 Å². The van der Waals surface area contributed by atoms with Gasteiger partial charge in [-0.25, -0.2) is 0 Å². The van der Waals surface area contributed by atoms with Crippen molar-refractivity contribution in [2.45, 2.75) is 25.4 Å². The van der Waals surface area contributed by atoms with Gasteiger partial charge in [0.15, 0.2) is 0 Å². The Kier molecular flexibility index (Phi) is 4.45. The molecule has 2 nitrogen and oxygen atoms in total. The van der Waals surface area contributed by atoms with Gasteiger partial charge in [0.2, 0.25) is 0 Å². The molecule has 0 spiro atoms. The summed E-state index contributed by atoms with van der Waals surface area (Å²) in [6.45, 7) is 2.90. The number of rotatable bonds is 3. The predicted octanol–water partition coefficient (Wildman–Crippen LogP) is 0.556. The zero-order chi connectivity index (χ0) is 11.4. The van der Waals surface area contributed by atoms with Crippen molar-refractivity contribution in [3.63, 3.8) is 0 Å². The summed E-state index contributed by atoms with van der Waals surface area (Å²) in [7, 11) is 2.22. The van der Waals surface area contributed by atoms with Gasteiger partial charge in [0.05, 0.1) is 0 Å². The summed E-state index contributed by atoms with van der Waals surface area (Å²) in [4.78, 5) is 2.46. The van der Waals surface area contributed by atoms with Crippen LogP contribution in [0.1, 0.15) is 18.4 Å². The molecule has 16 heavy (non-hydrogen) atoms. The van der Waals surface area contributed by atoms with Crippen LogP contribution >= 0.6 is 0 Å². The van der Waals surface area contributed by atoms with Crippen molar-refractivity contribution in [3.8, 4) is 0 Å². The molecule has 1 heterocycles. The van der Waals surface area contributed by atoms with E-state index in [1.54, 1.807) is 16.9 Å². The van der Waals surface area contributed by atoms with Gasteiger partial charge in [0, 0.05) is 0 Å². The Hall–Kier alpha value is -0.302. The van der Waals surface area contributed by atoms with Crippen LogP contribution in [0.25, 0.3) is 0 Å². The first-order valence-electron chi connectivity index (χ1n) is 5.88. The molecular formula is C13H20AsNO. The van der Waals surface area contributed by atoms with Crippen molar-refractivity contribution in [1.82, 2.24) is 4.90 Å². The van der Waals surface area contributed by atoms with Crippen LogP contribution < -0.4 is 4.35 Å². The molecular weight excluding hydrogens is 261 g/mol. The molecule has 0 radical (unpaired) electrons. The summed E-state index contributed by atoms with van der Waals surface area (Å²) >= 11 is 1.69. The van der Waals surface area contributed by atoms with Gasteiger partial charge in [-0.1, -0.05) is 0 Å². The molecule has 0 bridgehead atoms. The molecule has 1 atom stereocenters. The number of nitrogens with zero attached hydrogens (tertiary/aromatic N) is 1. The maximum atomic E-state index is 5.39. The van der Waals surface area contributed by atoms with E-state index in [-0.39, 0.29) is 0 Å². The zero-order valence-electron chi connectivity index (χ0n) is 9.86. The molecule has 1 fully saturated rings. The van der Waals surface area contributed by atoms with Gasteiger partial charge < -0.3 is 0 Å². The van der Waals surface area contributed by atoms with Gasteiger partial charge in [-0.2, -0.15) is 0 Å². The van der Waals surface area contributed by atoms with E-state index in [0.29, 0.717) is 6.04 Å². The third kappa shape index (κ3) is 3.34. The van der Waals surface area contributed by atoms with Crippen LogP contribution in [-0.2, 0) is 11.3 Å². The van der Waals surface area contributed by atoms with Crippen molar-refractivity contribution in [2.24, 2.45) is 0 Å². The van der Waals surface area contributed by atoms with Gasteiger partial charge in [0.1, 0.15) is 0 Å². The van der Waals surface area contributed by atoms with Crippen LogP contribution in [-0.4, -0.2) is 48.1 Å². The van der Waals surface area contributed by atoms with Crippen LogP contribution in [0.4, 0.5) is 0 Å². The fourth-order valence-corrected chi connectivity index (χ4v) is 2.57. The van der Waals surface area contributed by atoms with E-state index in [4.69, 9.17) is 4.74 Å². The van der Waals surface area contributed by atoms with Crippen molar-refractivity contribution >= 4 is 21.2 Å². The Morgan fingerprint density at radius 1 is 1.25 bits per heavy atom. The van der Waals surface area contributed by atoms with E-state index in [1.165, 1.54) is 22.8 Å². The first-order chi connectivity index (χ1) is 7.75. The van der Waals surface area contributed by atoms with Crippen molar-refractivity contribution in [1.29, 1.82) is 0 Å². The maximum absolute atomic E-state index is 5.39. The topological polar surface area (TPSA) is 12.5 Å². The molecule has 1 aromatic rings. The summed E-state index contributed by atoms with van der Waals surface area (Å²) in [5.74, 6) is 0. The van der Waals surface area contributed by atoms with Gasteiger partial charge in [0.25, 0.3) is 0 Å². The van der Waals surface area contributed by atoms with Gasteiger partial charge in [-0.3, -0.25) is 0 Å². The third-order valence-corrected chi connectivity index (χ3v) is 4.03. The van der Waals surface area contributed by atoms with Crippen molar-refractivity contribution < 1.29 is 4.74 Å². The van der Waals surface area contributed by atoms with E-state index in [0.717, 1.165) is 19.8 Å². The molecule has 2 rings (SSSR count). The number of ether oxygens (including phenoxy) is 1. The van der Waals surface area contributed by atoms with Crippen LogP contribution in [0.5, 0.6) is 0 Å². The van der Waals surface area contributed by atoms with Gasteiger partial charge in [-0.15, -0.1) is 0 Å². The molecule has 1 aromatic carbocycles. The molecule has 1 aliphatic heterocycles. The fourth-order valence-electron chi connectivity index (χ4n) is 2.17. The van der Waals surface area contributed by atoms with Gasteiger partial charge >= 0.3 is 106 Å². The Bertz CT molecular complexity index is 319. The minimum absolute atomic E-state index is 0.694. The number of benzene rings is 1. The SMILES string of the molecule is CN(Cc1ccc([AsH2])cc1)C1CCOCC1. The third-order valence-electron chi connectivity index (χ3n) is 3.23. The molecule has 88 valence electrons. The molecule has 0 saturated carbocycles. The summed E-state index contributed by atoms with van der Waals surface area (Å²) in [6.07, 6.45) is 2.34. The van der Waals surface area contributed by atoms with Gasteiger partial charge in [-0.05, 0) is 0 Å². The van der Waals surface area contributed by atoms with Crippen molar-refractivity contribution in [2.75, 3.05) is 20.3 Å². The fraction of sp³-hybridized carbons (Fsp3) is 0.538. The van der Waals surface area contributed by atoms with E-state index in [9.17, 15) is 0 Å². The second-order valence-corrected chi connectivity index (χ2v) is 5.90. The predicted molar refractivity (Wildman–Crippen MR) is 69.9 cm³/mol. The second-order valence-electron chi connectivity index (χ2n) is 4.50. The quantitative estimate of drug-likeness (QED) is 0.751. The molecule has 3 heteroatoms. The van der Waals surface area contributed by atoms with E-state index < -0.39 is 0 Å². The molecule has 0 N–H and O–H groups in total. The van der Waals surface area contributed by atoms with Crippen LogP contribution in [0, 0.1) is 0 Å². The average Bonchev–Trinajstić information content (AvgIpc) is 2.33. The molecule has 1 saturated heterocycles. The zero-order valence-corrected chi connectivity index (χ0v) is 12.3. The van der Waals surface area contributed by atoms with E-state index in [2.05, 4.69) is 36.2 Å². The summed E-state index contributed by atoms with van der Waals surface area (Å²) in [6, 6.07) is 9.61. The summed E-state index contributed by atoms with van der Waals surface area (Å²) in [5, 5.41) is 0. The Balaban J connectivity index is 1.90. The second kappa shape index (κ2) is 5.86. The minimum atomic E-state index is 0.694. The van der Waals surface area contributed by atoms with E-state index >= 15 is 0 Å². The molecule has 1 aliphatic rings. The Labute approximate surface area is 106 Å². The normalized spacial score (nSPS) is 17.9. The molecule has 0 aromatic heterocycles. The standard InChI is InChI=1S/C13H20AsNO/c1-15(13-6-8-16-9-7-13)10-11-2-4-12(14)5-3-11/h2-5,13H,6-10,14H2,1H3. The number of hydrogen-bond acceptors (Lipinski definition) is 2. The first kappa shape index (κ1) is 12.2. The molecule has 1 unspecified atom stereocenters.